The van der Waals surface area contributed by atoms with E-state index in [4.69, 9.17) is 10.9 Å². The minimum absolute atomic E-state index is 0.0260. The summed E-state index contributed by atoms with van der Waals surface area (Å²) in [5, 5.41) is 4.80. The maximum atomic E-state index is 12.1. The van der Waals surface area contributed by atoms with E-state index in [2.05, 4.69) is 4.72 Å². The van der Waals surface area contributed by atoms with Crippen molar-refractivity contribution >= 4 is 25.7 Å². The van der Waals surface area contributed by atoms with Crippen molar-refractivity contribution in [2.45, 2.75) is 18.7 Å². The molecule has 0 amide bonds. The van der Waals surface area contributed by atoms with Crippen molar-refractivity contribution in [3.63, 3.8) is 0 Å². The molecular formula is C10H17N3O4S2. The number of sulfonamides is 2. The number of hydrogen-bond acceptors (Lipinski definition) is 5. The van der Waals surface area contributed by atoms with Gasteiger partial charge in [-0.3, -0.25) is 0 Å². The second-order valence-electron chi connectivity index (χ2n) is 4.19. The molecule has 0 bridgehead atoms. The quantitative estimate of drug-likeness (QED) is 0.628. The molecule has 0 aromatic heterocycles. The molecule has 0 spiro atoms. The van der Waals surface area contributed by atoms with Crippen LogP contribution in [0.3, 0.4) is 0 Å². The number of nitrogens with two attached hydrogens (primary N) is 2. The van der Waals surface area contributed by atoms with Gasteiger partial charge in [0, 0.05) is 6.54 Å². The van der Waals surface area contributed by atoms with E-state index in [9.17, 15) is 16.8 Å². The van der Waals surface area contributed by atoms with Crippen molar-refractivity contribution in [2.75, 3.05) is 18.0 Å². The lowest BCUT2D eigenvalue weighted by Gasteiger charge is -2.13. The fourth-order valence-electron chi connectivity index (χ4n) is 1.56. The third kappa shape index (κ3) is 4.16. The monoisotopic (exact) mass is 307 g/mol. The number of rotatable bonds is 5. The zero-order chi connectivity index (χ0) is 14.8. The first kappa shape index (κ1) is 15.9. The molecule has 0 saturated heterocycles. The molecule has 0 aliphatic carbocycles. The van der Waals surface area contributed by atoms with Gasteiger partial charge >= 0.3 is 0 Å². The van der Waals surface area contributed by atoms with Gasteiger partial charge in [-0.05, 0) is 31.0 Å². The van der Waals surface area contributed by atoms with Crippen LogP contribution < -0.4 is 15.6 Å². The average Bonchev–Trinajstić information content (AvgIpc) is 2.21. The van der Waals surface area contributed by atoms with Crippen molar-refractivity contribution in [3.8, 4) is 0 Å². The van der Waals surface area contributed by atoms with E-state index in [1.54, 1.807) is 19.9 Å². The fourth-order valence-corrected chi connectivity index (χ4v) is 3.53. The summed E-state index contributed by atoms with van der Waals surface area (Å²) in [6.07, 6.45) is 0. The standard InChI is InChI=1S/C10H17N3O4S2/c1-7-3-4-9(11)10(8(7)2)19(16,17)13-5-6-18(12,14)15/h3-4,13H,5-6,11H2,1-2H3,(H2,12,14,15). The minimum Gasteiger partial charge on any atom is -0.398 e. The predicted molar refractivity (Wildman–Crippen MR) is 73.5 cm³/mol. The van der Waals surface area contributed by atoms with Crippen LogP contribution in [-0.4, -0.2) is 29.1 Å². The van der Waals surface area contributed by atoms with Crippen molar-refractivity contribution in [1.29, 1.82) is 0 Å². The summed E-state index contributed by atoms with van der Waals surface area (Å²) in [7, 11) is -7.58. The second-order valence-corrected chi connectivity index (χ2v) is 7.63. The first-order valence-electron chi connectivity index (χ1n) is 5.40. The fraction of sp³-hybridized carbons (Fsp3) is 0.400. The SMILES string of the molecule is Cc1ccc(N)c(S(=O)(=O)NCCS(N)(=O)=O)c1C. The summed E-state index contributed by atoms with van der Waals surface area (Å²) in [6.45, 7) is 3.10. The molecule has 7 nitrogen and oxygen atoms in total. The molecule has 1 rings (SSSR count). The first-order valence-corrected chi connectivity index (χ1v) is 8.60. The van der Waals surface area contributed by atoms with Crippen molar-refractivity contribution in [3.05, 3.63) is 23.3 Å². The molecule has 0 atom stereocenters. The smallest absolute Gasteiger partial charge is 0.242 e. The first-order chi connectivity index (χ1) is 8.54. The van der Waals surface area contributed by atoms with E-state index in [0.717, 1.165) is 5.56 Å². The van der Waals surface area contributed by atoms with Crippen LogP contribution in [0.1, 0.15) is 11.1 Å². The molecule has 0 radical (unpaired) electrons. The van der Waals surface area contributed by atoms with Gasteiger partial charge in [-0.1, -0.05) is 6.07 Å². The van der Waals surface area contributed by atoms with Gasteiger partial charge in [-0.15, -0.1) is 0 Å². The van der Waals surface area contributed by atoms with Gasteiger partial charge in [-0.25, -0.2) is 26.7 Å². The molecule has 0 unspecified atom stereocenters. The van der Waals surface area contributed by atoms with Crippen LogP contribution in [0.25, 0.3) is 0 Å². The van der Waals surface area contributed by atoms with E-state index in [0.29, 0.717) is 5.56 Å². The van der Waals surface area contributed by atoms with Gasteiger partial charge in [0.2, 0.25) is 20.0 Å². The number of nitrogen functional groups attached to an aromatic ring is 1. The van der Waals surface area contributed by atoms with Crippen LogP contribution in [0.5, 0.6) is 0 Å². The number of hydrogen-bond donors (Lipinski definition) is 3. The summed E-state index contributed by atoms with van der Waals surface area (Å²) in [5.41, 5.74) is 7.10. The number of nitrogens with one attached hydrogen (secondary N) is 1. The highest BCUT2D eigenvalue weighted by Gasteiger charge is 2.21. The molecule has 9 heteroatoms. The number of benzene rings is 1. The summed E-state index contributed by atoms with van der Waals surface area (Å²) < 4.78 is 47.9. The van der Waals surface area contributed by atoms with Gasteiger partial charge < -0.3 is 5.73 Å². The third-order valence-electron chi connectivity index (χ3n) is 2.65. The molecule has 108 valence electrons. The van der Waals surface area contributed by atoms with E-state index in [-0.39, 0.29) is 17.1 Å². The Morgan fingerprint density at radius 1 is 1.16 bits per heavy atom. The predicted octanol–water partition coefficient (Wildman–Crippen LogP) is -0.548. The van der Waals surface area contributed by atoms with Crippen LogP contribution in [-0.2, 0) is 20.0 Å². The number of anilines is 1. The Hall–Kier alpha value is -1.16. The number of primary sulfonamides is 1. The minimum atomic E-state index is -3.86. The number of aryl methyl sites for hydroxylation is 1. The molecule has 0 heterocycles. The lowest BCUT2D eigenvalue weighted by molar-refractivity contribution is 0.581. The molecule has 0 saturated carbocycles. The van der Waals surface area contributed by atoms with Gasteiger partial charge in [0.1, 0.15) is 4.90 Å². The van der Waals surface area contributed by atoms with Gasteiger partial charge in [0.25, 0.3) is 0 Å². The highest BCUT2D eigenvalue weighted by Crippen LogP contribution is 2.24. The maximum Gasteiger partial charge on any atom is 0.242 e. The van der Waals surface area contributed by atoms with Crippen LogP contribution >= 0.6 is 0 Å². The maximum absolute atomic E-state index is 12.1. The third-order valence-corrected chi connectivity index (χ3v) is 5.09. The van der Waals surface area contributed by atoms with Gasteiger partial charge in [-0.2, -0.15) is 0 Å². The molecular weight excluding hydrogens is 290 g/mol. The lowest BCUT2D eigenvalue weighted by atomic mass is 10.1. The van der Waals surface area contributed by atoms with E-state index in [1.165, 1.54) is 6.07 Å². The summed E-state index contributed by atoms with van der Waals surface area (Å²) in [4.78, 5) is -0.0260. The Bertz CT molecular complexity index is 681. The summed E-state index contributed by atoms with van der Waals surface area (Å²) in [6, 6.07) is 3.21. The Morgan fingerprint density at radius 3 is 2.26 bits per heavy atom. The normalized spacial score (nSPS) is 12.6. The second kappa shape index (κ2) is 5.45. The van der Waals surface area contributed by atoms with Crippen LogP contribution in [0.15, 0.2) is 17.0 Å². The molecule has 0 aliphatic heterocycles. The van der Waals surface area contributed by atoms with E-state index >= 15 is 0 Å². The Morgan fingerprint density at radius 2 is 1.74 bits per heavy atom. The Labute approximate surface area is 113 Å². The van der Waals surface area contributed by atoms with Crippen molar-refractivity contribution in [1.82, 2.24) is 4.72 Å². The molecule has 0 fully saturated rings. The van der Waals surface area contributed by atoms with Gasteiger partial charge in [0.05, 0.1) is 11.4 Å². The summed E-state index contributed by atoms with van der Waals surface area (Å²) in [5.74, 6) is -0.475. The molecule has 0 aliphatic rings. The average molecular weight is 307 g/mol. The van der Waals surface area contributed by atoms with Crippen molar-refractivity contribution in [2.24, 2.45) is 5.14 Å². The lowest BCUT2D eigenvalue weighted by Crippen LogP contribution is -2.32. The van der Waals surface area contributed by atoms with E-state index < -0.39 is 25.8 Å². The topological polar surface area (TPSA) is 132 Å². The summed E-state index contributed by atoms with van der Waals surface area (Å²) >= 11 is 0. The van der Waals surface area contributed by atoms with Gasteiger partial charge in [0.15, 0.2) is 0 Å². The van der Waals surface area contributed by atoms with Crippen LogP contribution in [0, 0.1) is 13.8 Å². The molecule has 19 heavy (non-hydrogen) atoms. The molecule has 5 N–H and O–H groups in total. The van der Waals surface area contributed by atoms with Crippen LogP contribution in [0.2, 0.25) is 0 Å². The highest BCUT2D eigenvalue weighted by atomic mass is 32.2. The largest absolute Gasteiger partial charge is 0.398 e. The highest BCUT2D eigenvalue weighted by molar-refractivity contribution is 7.90. The molecule has 1 aromatic carbocycles. The zero-order valence-electron chi connectivity index (χ0n) is 10.7. The van der Waals surface area contributed by atoms with E-state index in [1.807, 2.05) is 0 Å². The Balaban J connectivity index is 3.05. The molecule has 1 aromatic rings. The Kier molecular flexibility index (Phi) is 4.56. The zero-order valence-corrected chi connectivity index (χ0v) is 12.3. The van der Waals surface area contributed by atoms with Crippen LogP contribution in [0.4, 0.5) is 5.69 Å². The van der Waals surface area contributed by atoms with Crippen molar-refractivity contribution < 1.29 is 16.8 Å².